The zero-order chi connectivity index (χ0) is 13.1. The first-order valence-corrected chi connectivity index (χ1v) is 5.95. The van der Waals surface area contributed by atoms with Crippen LogP contribution in [0.15, 0.2) is 29.3 Å². The van der Waals surface area contributed by atoms with Gasteiger partial charge >= 0.3 is 0 Å². The lowest BCUT2D eigenvalue weighted by molar-refractivity contribution is -0.117. The van der Waals surface area contributed by atoms with Gasteiger partial charge < -0.3 is 15.5 Å². The molecule has 18 heavy (non-hydrogen) atoms. The van der Waals surface area contributed by atoms with Gasteiger partial charge in [0.2, 0.25) is 5.91 Å². The van der Waals surface area contributed by atoms with Crippen molar-refractivity contribution in [2.45, 2.75) is 6.42 Å². The lowest BCUT2D eigenvalue weighted by Crippen LogP contribution is -2.34. The molecule has 2 rings (SSSR count). The molecule has 0 unspecified atom stereocenters. The third-order valence-electron chi connectivity index (χ3n) is 3.02. The first kappa shape index (κ1) is 12.4. The van der Waals surface area contributed by atoms with Gasteiger partial charge in [0.1, 0.15) is 6.54 Å². The normalized spacial score (nSPS) is 14.6. The number of para-hydroxylation sites is 1. The quantitative estimate of drug-likeness (QED) is 0.609. The Hall–Kier alpha value is -2.04. The molecule has 0 aromatic heterocycles. The van der Waals surface area contributed by atoms with Crippen LogP contribution in [-0.2, 0) is 11.2 Å². The number of carbonyl (C=O) groups excluding carboxylic acids is 1. The van der Waals surface area contributed by atoms with E-state index in [1.54, 1.807) is 23.9 Å². The second-order valence-corrected chi connectivity index (χ2v) is 4.49. The van der Waals surface area contributed by atoms with E-state index in [2.05, 4.69) is 11.1 Å². The van der Waals surface area contributed by atoms with Gasteiger partial charge in [0.15, 0.2) is 5.96 Å². The number of nitrogens with zero attached hydrogens (tertiary/aromatic N) is 3. The molecule has 1 amide bonds. The fourth-order valence-electron chi connectivity index (χ4n) is 1.97. The first-order valence-electron chi connectivity index (χ1n) is 5.95. The van der Waals surface area contributed by atoms with Gasteiger partial charge in [-0.1, -0.05) is 18.2 Å². The minimum absolute atomic E-state index is 0.00949. The number of hydrogen-bond acceptors (Lipinski definition) is 2. The molecule has 96 valence electrons. The Morgan fingerprint density at radius 1 is 1.44 bits per heavy atom. The predicted molar refractivity (Wildman–Crippen MR) is 72.7 cm³/mol. The third kappa shape index (κ3) is 2.45. The number of nitrogens with two attached hydrogens (primary N) is 1. The lowest BCUT2D eigenvalue weighted by atomic mass is 10.2. The fraction of sp³-hybridized carbons (Fsp3) is 0.385. The van der Waals surface area contributed by atoms with Crippen molar-refractivity contribution in [2.24, 2.45) is 10.7 Å². The van der Waals surface area contributed by atoms with Crippen molar-refractivity contribution in [3.8, 4) is 0 Å². The van der Waals surface area contributed by atoms with Crippen molar-refractivity contribution in [2.75, 3.05) is 32.1 Å². The number of rotatable bonds is 2. The molecule has 1 aromatic rings. The van der Waals surface area contributed by atoms with Crippen molar-refractivity contribution < 1.29 is 4.79 Å². The number of anilines is 1. The zero-order valence-corrected chi connectivity index (χ0v) is 10.8. The summed E-state index contributed by atoms with van der Waals surface area (Å²) in [6.45, 7) is 0.827. The standard InChI is InChI=1S/C13H18N4O/c1-16(2)13(14)15-9-12(18)17-8-7-10-5-3-4-6-11(10)17/h3-6H,7-9H2,1-2H3,(H2,14,15). The van der Waals surface area contributed by atoms with Crippen LogP contribution in [0.2, 0.25) is 0 Å². The van der Waals surface area contributed by atoms with Crippen LogP contribution < -0.4 is 10.6 Å². The molecule has 1 heterocycles. The Morgan fingerprint density at radius 2 is 2.17 bits per heavy atom. The Bertz CT molecular complexity index is 482. The van der Waals surface area contributed by atoms with E-state index in [4.69, 9.17) is 5.73 Å². The number of amides is 1. The summed E-state index contributed by atoms with van der Waals surface area (Å²) in [6, 6.07) is 7.97. The summed E-state index contributed by atoms with van der Waals surface area (Å²) < 4.78 is 0. The van der Waals surface area contributed by atoms with Crippen LogP contribution >= 0.6 is 0 Å². The molecular formula is C13H18N4O. The summed E-state index contributed by atoms with van der Waals surface area (Å²) in [7, 11) is 3.60. The van der Waals surface area contributed by atoms with Gasteiger partial charge in [-0.3, -0.25) is 4.79 Å². The van der Waals surface area contributed by atoms with Gasteiger partial charge in [0.05, 0.1) is 0 Å². The predicted octanol–water partition coefficient (Wildman–Crippen LogP) is 0.452. The van der Waals surface area contributed by atoms with Crippen LogP contribution in [0.3, 0.4) is 0 Å². The minimum Gasteiger partial charge on any atom is -0.370 e. The number of guanidine groups is 1. The van der Waals surface area contributed by atoms with Crippen molar-refractivity contribution >= 4 is 17.6 Å². The summed E-state index contributed by atoms with van der Waals surface area (Å²) in [5.41, 5.74) is 7.88. The van der Waals surface area contributed by atoms with Gasteiger partial charge in [-0.15, -0.1) is 0 Å². The van der Waals surface area contributed by atoms with Crippen LogP contribution in [0, 0.1) is 0 Å². The monoisotopic (exact) mass is 246 g/mol. The highest BCUT2D eigenvalue weighted by Gasteiger charge is 2.23. The highest BCUT2D eigenvalue weighted by molar-refractivity contribution is 5.97. The summed E-state index contributed by atoms with van der Waals surface area (Å²) in [4.78, 5) is 19.6. The molecule has 2 N–H and O–H groups in total. The van der Waals surface area contributed by atoms with E-state index in [0.29, 0.717) is 5.96 Å². The average Bonchev–Trinajstić information content (AvgIpc) is 2.79. The number of hydrogen-bond donors (Lipinski definition) is 1. The summed E-state index contributed by atoms with van der Waals surface area (Å²) in [5.74, 6) is 0.362. The van der Waals surface area contributed by atoms with Crippen LogP contribution in [0.4, 0.5) is 5.69 Å². The number of fused-ring (bicyclic) bond motifs is 1. The number of aliphatic imine (C=N–C) groups is 1. The van der Waals surface area contributed by atoms with E-state index in [9.17, 15) is 4.79 Å². The molecule has 0 radical (unpaired) electrons. The Balaban J connectivity index is 2.06. The Labute approximate surface area is 107 Å². The third-order valence-corrected chi connectivity index (χ3v) is 3.02. The molecule has 0 saturated carbocycles. The van der Waals surface area contributed by atoms with Gasteiger partial charge in [0.25, 0.3) is 0 Å². The van der Waals surface area contributed by atoms with Crippen LogP contribution in [0.25, 0.3) is 0 Å². The first-order chi connectivity index (χ1) is 8.59. The molecule has 5 nitrogen and oxygen atoms in total. The molecule has 0 aliphatic carbocycles. The summed E-state index contributed by atoms with van der Waals surface area (Å²) >= 11 is 0. The summed E-state index contributed by atoms with van der Waals surface area (Å²) in [5, 5.41) is 0. The molecule has 1 aromatic carbocycles. The number of carbonyl (C=O) groups is 1. The molecule has 5 heteroatoms. The topological polar surface area (TPSA) is 61.9 Å². The van der Waals surface area contributed by atoms with Gasteiger partial charge in [-0.05, 0) is 18.1 Å². The van der Waals surface area contributed by atoms with Crippen molar-refractivity contribution in [3.05, 3.63) is 29.8 Å². The zero-order valence-electron chi connectivity index (χ0n) is 10.8. The molecular weight excluding hydrogens is 228 g/mol. The van der Waals surface area contributed by atoms with Crippen molar-refractivity contribution in [1.82, 2.24) is 4.90 Å². The van der Waals surface area contributed by atoms with Crippen LogP contribution in [0.5, 0.6) is 0 Å². The SMILES string of the molecule is CN(C)C(N)=NCC(=O)N1CCc2ccccc21. The van der Waals surface area contributed by atoms with E-state index in [1.165, 1.54) is 5.56 Å². The van der Waals surface area contributed by atoms with E-state index in [0.717, 1.165) is 18.7 Å². The van der Waals surface area contributed by atoms with Crippen LogP contribution in [-0.4, -0.2) is 44.0 Å². The maximum Gasteiger partial charge on any atom is 0.248 e. The van der Waals surface area contributed by atoms with Gasteiger partial charge in [-0.25, -0.2) is 4.99 Å². The second-order valence-electron chi connectivity index (χ2n) is 4.49. The molecule has 0 saturated heterocycles. The summed E-state index contributed by atoms with van der Waals surface area (Å²) in [6.07, 6.45) is 0.911. The second kappa shape index (κ2) is 5.08. The van der Waals surface area contributed by atoms with Gasteiger partial charge in [-0.2, -0.15) is 0 Å². The average molecular weight is 246 g/mol. The van der Waals surface area contributed by atoms with Crippen molar-refractivity contribution in [1.29, 1.82) is 0 Å². The van der Waals surface area contributed by atoms with E-state index < -0.39 is 0 Å². The highest BCUT2D eigenvalue weighted by atomic mass is 16.2. The molecule has 0 atom stereocenters. The molecule has 0 bridgehead atoms. The lowest BCUT2D eigenvalue weighted by Gasteiger charge is -2.17. The Kier molecular flexibility index (Phi) is 3.50. The Morgan fingerprint density at radius 3 is 2.89 bits per heavy atom. The van der Waals surface area contributed by atoms with Crippen LogP contribution in [0.1, 0.15) is 5.56 Å². The smallest absolute Gasteiger partial charge is 0.248 e. The largest absolute Gasteiger partial charge is 0.370 e. The fourth-order valence-corrected chi connectivity index (χ4v) is 1.97. The van der Waals surface area contributed by atoms with E-state index in [-0.39, 0.29) is 12.5 Å². The van der Waals surface area contributed by atoms with Gasteiger partial charge in [0, 0.05) is 26.3 Å². The maximum atomic E-state index is 12.1. The minimum atomic E-state index is -0.00949. The van der Waals surface area contributed by atoms with E-state index in [1.807, 2.05) is 18.2 Å². The molecule has 1 aliphatic rings. The number of benzene rings is 1. The van der Waals surface area contributed by atoms with E-state index >= 15 is 0 Å². The molecule has 0 fully saturated rings. The molecule has 1 aliphatic heterocycles. The van der Waals surface area contributed by atoms with Crippen molar-refractivity contribution in [3.63, 3.8) is 0 Å². The maximum absolute atomic E-state index is 12.1. The highest BCUT2D eigenvalue weighted by Crippen LogP contribution is 2.27. The molecule has 0 spiro atoms.